The van der Waals surface area contributed by atoms with Gasteiger partial charge in [-0.2, -0.15) is 0 Å². The van der Waals surface area contributed by atoms with Crippen molar-refractivity contribution in [3.8, 4) is 0 Å². The Morgan fingerprint density at radius 3 is 2.83 bits per heavy atom. The molecule has 2 aromatic rings. The second-order valence-corrected chi connectivity index (χ2v) is 6.00. The number of thiazole rings is 1. The van der Waals surface area contributed by atoms with E-state index in [4.69, 9.17) is 5.73 Å². The second kappa shape index (κ2) is 4.69. The van der Waals surface area contributed by atoms with Gasteiger partial charge in [-0.05, 0) is 31.0 Å². The number of rotatable bonds is 2. The number of carbonyl (C=O) groups excluding carboxylic acids is 1. The molecule has 0 spiro atoms. The molecule has 1 aliphatic rings. The molecule has 0 unspecified atom stereocenters. The fraction of sp³-hybridized carbons (Fsp3) is 0.429. The Hall–Kier alpha value is -1.42. The molecule has 1 fully saturated rings. The summed E-state index contributed by atoms with van der Waals surface area (Å²) in [4.78, 5) is 16.6. The molecule has 0 aliphatic heterocycles. The van der Waals surface area contributed by atoms with E-state index < -0.39 is 0 Å². The number of hydrogen-bond donors (Lipinski definition) is 1. The molecule has 0 radical (unpaired) electrons. The topological polar surface area (TPSA) is 56.0 Å². The van der Waals surface area contributed by atoms with Crippen molar-refractivity contribution in [2.75, 3.05) is 5.73 Å². The monoisotopic (exact) mass is 260 g/mol. The van der Waals surface area contributed by atoms with Gasteiger partial charge in [-0.3, -0.25) is 4.79 Å². The second-order valence-electron chi connectivity index (χ2n) is 4.93. The highest BCUT2D eigenvalue weighted by molar-refractivity contribution is 7.22. The van der Waals surface area contributed by atoms with E-state index >= 15 is 0 Å². The number of fused-ring (bicyclic) bond motifs is 1. The number of nitrogen functional groups attached to an aromatic ring is 1. The van der Waals surface area contributed by atoms with E-state index in [0.29, 0.717) is 10.9 Å². The number of Topliss-reactive ketones (excluding diaryl/α,β-unsaturated/α-hetero) is 1. The van der Waals surface area contributed by atoms with Gasteiger partial charge in [0.1, 0.15) is 0 Å². The Morgan fingerprint density at radius 1 is 1.28 bits per heavy atom. The lowest BCUT2D eigenvalue weighted by Crippen LogP contribution is -2.17. The molecule has 1 aliphatic carbocycles. The molecule has 1 saturated carbocycles. The SMILES string of the molecule is Nc1nc2ccc(C(=O)C3CCCCC3)cc2s1. The molecular formula is C14H16N2OS. The number of anilines is 1. The van der Waals surface area contributed by atoms with Gasteiger partial charge in [0, 0.05) is 11.5 Å². The molecule has 1 heterocycles. The number of hydrogen-bond acceptors (Lipinski definition) is 4. The third-order valence-corrected chi connectivity index (χ3v) is 4.51. The summed E-state index contributed by atoms with van der Waals surface area (Å²) in [5, 5.41) is 0.562. The Kier molecular flexibility index (Phi) is 3.04. The van der Waals surface area contributed by atoms with Gasteiger partial charge < -0.3 is 5.73 Å². The van der Waals surface area contributed by atoms with E-state index in [1.807, 2.05) is 18.2 Å². The minimum absolute atomic E-state index is 0.224. The first kappa shape index (κ1) is 11.7. The first-order chi connectivity index (χ1) is 8.74. The molecule has 3 rings (SSSR count). The van der Waals surface area contributed by atoms with Crippen molar-refractivity contribution in [1.29, 1.82) is 0 Å². The Morgan fingerprint density at radius 2 is 2.06 bits per heavy atom. The van der Waals surface area contributed by atoms with Crippen LogP contribution in [-0.2, 0) is 0 Å². The summed E-state index contributed by atoms with van der Waals surface area (Å²) in [6, 6.07) is 5.73. The summed E-state index contributed by atoms with van der Waals surface area (Å²) in [5.41, 5.74) is 7.39. The Labute approximate surface area is 110 Å². The van der Waals surface area contributed by atoms with Crippen LogP contribution in [0.2, 0.25) is 0 Å². The van der Waals surface area contributed by atoms with Crippen molar-refractivity contribution in [1.82, 2.24) is 4.98 Å². The van der Waals surface area contributed by atoms with Crippen molar-refractivity contribution in [2.45, 2.75) is 32.1 Å². The molecular weight excluding hydrogens is 244 g/mol. The molecule has 0 atom stereocenters. The third kappa shape index (κ3) is 2.12. The normalized spacial score (nSPS) is 17.1. The standard InChI is InChI=1S/C14H16N2OS/c15-14-16-11-7-6-10(8-12(11)18-14)13(17)9-4-2-1-3-5-9/h6-9H,1-5H2,(H2,15,16). The zero-order chi connectivity index (χ0) is 12.5. The van der Waals surface area contributed by atoms with Crippen LogP contribution in [0, 0.1) is 5.92 Å². The predicted molar refractivity (Wildman–Crippen MR) is 74.9 cm³/mol. The molecule has 0 bridgehead atoms. The zero-order valence-corrected chi connectivity index (χ0v) is 11.0. The van der Waals surface area contributed by atoms with Crippen molar-refractivity contribution in [2.24, 2.45) is 5.92 Å². The molecule has 0 amide bonds. The average Bonchev–Trinajstić information content (AvgIpc) is 2.78. The number of nitrogens with two attached hydrogens (primary N) is 1. The van der Waals surface area contributed by atoms with Gasteiger partial charge in [0.15, 0.2) is 10.9 Å². The van der Waals surface area contributed by atoms with E-state index in [1.54, 1.807) is 0 Å². The third-order valence-electron chi connectivity index (χ3n) is 3.67. The van der Waals surface area contributed by atoms with Crippen LogP contribution >= 0.6 is 11.3 Å². The molecule has 94 valence electrons. The molecule has 4 heteroatoms. The van der Waals surface area contributed by atoms with Gasteiger partial charge in [0.05, 0.1) is 10.2 Å². The fourth-order valence-electron chi connectivity index (χ4n) is 2.70. The van der Waals surface area contributed by atoms with Gasteiger partial charge in [0.25, 0.3) is 0 Å². The van der Waals surface area contributed by atoms with Crippen LogP contribution in [0.15, 0.2) is 18.2 Å². The van der Waals surface area contributed by atoms with Gasteiger partial charge in [-0.15, -0.1) is 0 Å². The molecule has 2 N–H and O–H groups in total. The minimum atomic E-state index is 0.224. The fourth-order valence-corrected chi connectivity index (χ4v) is 3.47. The first-order valence-electron chi connectivity index (χ1n) is 6.44. The highest BCUT2D eigenvalue weighted by Gasteiger charge is 2.22. The van der Waals surface area contributed by atoms with Crippen LogP contribution < -0.4 is 5.73 Å². The number of benzene rings is 1. The number of aromatic nitrogens is 1. The Bertz CT molecular complexity index is 584. The number of carbonyl (C=O) groups is 1. The first-order valence-corrected chi connectivity index (χ1v) is 7.26. The van der Waals surface area contributed by atoms with Crippen LogP contribution in [-0.4, -0.2) is 10.8 Å². The summed E-state index contributed by atoms with van der Waals surface area (Å²) >= 11 is 1.44. The summed E-state index contributed by atoms with van der Waals surface area (Å²) in [6.45, 7) is 0. The average molecular weight is 260 g/mol. The molecule has 1 aromatic heterocycles. The maximum Gasteiger partial charge on any atom is 0.181 e. The van der Waals surface area contributed by atoms with Crippen LogP contribution in [0.4, 0.5) is 5.13 Å². The molecule has 3 nitrogen and oxygen atoms in total. The van der Waals surface area contributed by atoms with Gasteiger partial charge in [-0.25, -0.2) is 4.98 Å². The molecule has 18 heavy (non-hydrogen) atoms. The van der Waals surface area contributed by atoms with Crippen molar-refractivity contribution >= 4 is 32.5 Å². The number of nitrogens with zero attached hydrogens (tertiary/aromatic N) is 1. The van der Waals surface area contributed by atoms with E-state index in [0.717, 1.165) is 28.6 Å². The van der Waals surface area contributed by atoms with Crippen LogP contribution in [0.1, 0.15) is 42.5 Å². The van der Waals surface area contributed by atoms with Crippen LogP contribution in [0.25, 0.3) is 10.2 Å². The highest BCUT2D eigenvalue weighted by Crippen LogP contribution is 2.29. The van der Waals surface area contributed by atoms with Gasteiger partial charge >= 0.3 is 0 Å². The van der Waals surface area contributed by atoms with Crippen LogP contribution in [0.3, 0.4) is 0 Å². The molecule has 0 saturated heterocycles. The summed E-state index contributed by atoms with van der Waals surface area (Å²) in [7, 11) is 0. The lowest BCUT2D eigenvalue weighted by molar-refractivity contribution is 0.0889. The lowest BCUT2D eigenvalue weighted by Gasteiger charge is -2.20. The quantitative estimate of drug-likeness (QED) is 0.839. The smallest absolute Gasteiger partial charge is 0.181 e. The van der Waals surface area contributed by atoms with Gasteiger partial charge in [0.2, 0.25) is 0 Å². The van der Waals surface area contributed by atoms with E-state index in [-0.39, 0.29) is 5.92 Å². The van der Waals surface area contributed by atoms with Crippen molar-refractivity contribution in [3.05, 3.63) is 23.8 Å². The minimum Gasteiger partial charge on any atom is -0.375 e. The zero-order valence-electron chi connectivity index (χ0n) is 10.2. The number of ketones is 1. The lowest BCUT2D eigenvalue weighted by atomic mass is 9.84. The molecule has 1 aromatic carbocycles. The summed E-state index contributed by atoms with van der Waals surface area (Å²) < 4.78 is 1.01. The summed E-state index contributed by atoms with van der Waals surface area (Å²) in [6.07, 6.45) is 5.73. The van der Waals surface area contributed by atoms with E-state index in [1.165, 1.54) is 30.6 Å². The van der Waals surface area contributed by atoms with Gasteiger partial charge in [-0.1, -0.05) is 30.6 Å². The van der Waals surface area contributed by atoms with Crippen molar-refractivity contribution in [3.63, 3.8) is 0 Å². The maximum absolute atomic E-state index is 12.4. The highest BCUT2D eigenvalue weighted by atomic mass is 32.1. The predicted octanol–water partition coefficient (Wildman–Crippen LogP) is 3.64. The van der Waals surface area contributed by atoms with Crippen LogP contribution in [0.5, 0.6) is 0 Å². The van der Waals surface area contributed by atoms with E-state index in [2.05, 4.69) is 4.98 Å². The Balaban J connectivity index is 1.90. The largest absolute Gasteiger partial charge is 0.375 e. The maximum atomic E-state index is 12.4. The van der Waals surface area contributed by atoms with Crippen molar-refractivity contribution < 1.29 is 4.79 Å². The van der Waals surface area contributed by atoms with E-state index in [9.17, 15) is 4.79 Å². The summed E-state index contributed by atoms with van der Waals surface area (Å²) in [5.74, 6) is 0.519.